The number of hydrogen-bond acceptors (Lipinski definition) is 3. The van der Waals surface area contributed by atoms with Crippen LogP contribution in [0, 0.1) is 0 Å². The van der Waals surface area contributed by atoms with Crippen molar-refractivity contribution in [2.45, 2.75) is 77.0 Å². The van der Waals surface area contributed by atoms with Crippen molar-refractivity contribution in [3.05, 3.63) is 0 Å². The highest BCUT2D eigenvalue weighted by molar-refractivity contribution is 9.15. The van der Waals surface area contributed by atoms with Gasteiger partial charge < -0.3 is 0 Å². The average Bonchev–Trinajstić information content (AvgIpc) is 2.81. The SMILES string of the molecule is C1CCN(C(SSSC(N2CCCCC2)=S2CCCCC2)=S2CCCCC2)CC1. The molecular formula is C22H40N2S5. The summed E-state index contributed by atoms with van der Waals surface area (Å²) in [6.07, 6.45) is 17.3. The van der Waals surface area contributed by atoms with Crippen molar-refractivity contribution >= 4 is 61.0 Å². The van der Waals surface area contributed by atoms with Crippen molar-refractivity contribution in [2.75, 3.05) is 49.2 Å². The van der Waals surface area contributed by atoms with Gasteiger partial charge in [-0.15, -0.1) is 0 Å². The molecule has 0 radical (unpaired) electrons. The van der Waals surface area contributed by atoms with Crippen molar-refractivity contribution in [3.63, 3.8) is 0 Å². The highest BCUT2D eigenvalue weighted by atomic mass is 33.5. The third-order valence-corrected chi connectivity index (χ3v) is 17.2. The fraction of sp³-hybridized carbons (Fsp3) is 0.909. The van der Waals surface area contributed by atoms with Crippen LogP contribution >= 0.6 is 52.4 Å². The second-order valence-corrected chi connectivity index (χ2v) is 17.6. The topological polar surface area (TPSA) is 6.48 Å². The first-order chi connectivity index (χ1) is 14.4. The third kappa shape index (κ3) is 7.20. The maximum atomic E-state index is 2.81. The molecule has 0 unspecified atom stereocenters. The Kier molecular flexibility index (Phi) is 10.7. The maximum Gasteiger partial charge on any atom is 0.0874 e. The standard InChI is InChI=1S/C22H40N2S5/c1-5-13-23(14-6-1)21(28-17-9-3-10-18-28)25-27-26-22(24-15-7-2-8-16-24)29-19-11-4-12-20-29/h1-20H2. The van der Waals surface area contributed by atoms with Crippen LogP contribution in [0.15, 0.2) is 0 Å². The van der Waals surface area contributed by atoms with E-state index in [0.717, 1.165) is 0 Å². The number of likely N-dealkylation sites (tertiary alicyclic amines) is 2. The van der Waals surface area contributed by atoms with Crippen LogP contribution in [-0.2, 0) is 0 Å². The molecule has 4 aliphatic heterocycles. The molecular weight excluding hydrogens is 453 g/mol. The first-order valence-corrected chi connectivity index (χ1v) is 18.6. The van der Waals surface area contributed by atoms with Crippen molar-refractivity contribution in [1.82, 2.24) is 9.80 Å². The molecule has 0 aromatic rings. The minimum atomic E-state index is 0.547. The van der Waals surface area contributed by atoms with Crippen molar-refractivity contribution < 1.29 is 0 Å². The zero-order chi connectivity index (χ0) is 19.7. The molecule has 168 valence electrons. The van der Waals surface area contributed by atoms with Crippen LogP contribution in [0.3, 0.4) is 0 Å². The zero-order valence-electron chi connectivity index (χ0n) is 18.1. The first-order valence-electron chi connectivity index (χ1n) is 12.0. The molecule has 0 N–H and O–H groups in total. The van der Waals surface area contributed by atoms with Gasteiger partial charge >= 0.3 is 0 Å². The lowest BCUT2D eigenvalue weighted by Crippen LogP contribution is -2.35. The molecule has 2 nitrogen and oxygen atoms in total. The Morgan fingerprint density at radius 1 is 0.448 bits per heavy atom. The second-order valence-electron chi connectivity index (χ2n) is 8.79. The lowest BCUT2D eigenvalue weighted by atomic mass is 10.1. The molecule has 0 saturated carbocycles. The van der Waals surface area contributed by atoms with Crippen molar-refractivity contribution in [2.24, 2.45) is 0 Å². The van der Waals surface area contributed by atoms with Gasteiger partial charge in [-0.25, -0.2) is 0 Å². The second kappa shape index (κ2) is 13.2. The third-order valence-electron chi connectivity index (χ3n) is 6.50. The van der Waals surface area contributed by atoms with Crippen LogP contribution in [0.4, 0.5) is 0 Å². The first kappa shape index (κ1) is 23.6. The van der Waals surface area contributed by atoms with Crippen LogP contribution in [-0.4, -0.2) is 67.6 Å². The molecule has 0 aromatic heterocycles. The molecule has 4 heterocycles. The van der Waals surface area contributed by atoms with E-state index in [1.807, 2.05) is 0 Å². The summed E-state index contributed by atoms with van der Waals surface area (Å²) >= 11 is 0. The minimum absolute atomic E-state index is 0.547. The Balaban J connectivity index is 1.43. The van der Waals surface area contributed by atoms with Crippen molar-refractivity contribution in [3.8, 4) is 0 Å². The van der Waals surface area contributed by atoms with E-state index in [4.69, 9.17) is 0 Å². The van der Waals surface area contributed by atoms with E-state index in [2.05, 4.69) is 41.2 Å². The summed E-state index contributed by atoms with van der Waals surface area (Å²) in [5.41, 5.74) is 0. The largest absolute Gasteiger partial charge is 0.264 e. The predicted octanol–water partition coefficient (Wildman–Crippen LogP) is 7.07. The Morgan fingerprint density at radius 2 is 0.793 bits per heavy atom. The Labute approximate surface area is 196 Å². The molecule has 0 spiro atoms. The van der Waals surface area contributed by atoms with Crippen molar-refractivity contribution in [1.29, 1.82) is 0 Å². The number of rotatable bonds is 2. The lowest BCUT2D eigenvalue weighted by Gasteiger charge is -2.33. The summed E-state index contributed by atoms with van der Waals surface area (Å²) in [6, 6.07) is 0. The van der Waals surface area contributed by atoms with E-state index in [1.54, 1.807) is 8.64 Å². The molecule has 7 heteroatoms. The minimum Gasteiger partial charge on any atom is -0.264 e. The van der Waals surface area contributed by atoms with Gasteiger partial charge in [0.25, 0.3) is 0 Å². The number of hydrogen-bond donors (Lipinski definition) is 0. The van der Waals surface area contributed by atoms with Crippen LogP contribution in [0.2, 0.25) is 0 Å². The highest BCUT2D eigenvalue weighted by Gasteiger charge is 2.23. The summed E-state index contributed by atoms with van der Waals surface area (Å²) in [6.45, 7) is 5.29. The number of nitrogens with zero attached hydrogens (tertiary/aromatic N) is 2. The van der Waals surface area contributed by atoms with Crippen LogP contribution in [0.5, 0.6) is 0 Å². The van der Waals surface area contributed by atoms with Gasteiger partial charge in [0.15, 0.2) is 0 Å². The molecule has 29 heavy (non-hydrogen) atoms. The smallest absolute Gasteiger partial charge is 0.0874 e. The molecule has 4 aliphatic rings. The Morgan fingerprint density at radius 3 is 1.17 bits per heavy atom. The fourth-order valence-corrected chi connectivity index (χ4v) is 17.4. The fourth-order valence-electron chi connectivity index (χ4n) is 4.81. The molecule has 0 aromatic carbocycles. The van der Waals surface area contributed by atoms with Crippen LogP contribution in [0.1, 0.15) is 77.0 Å². The quantitative estimate of drug-likeness (QED) is 0.299. The summed E-state index contributed by atoms with van der Waals surface area (Å²) in [5, 5.41) is 0. The van der Waals surface area contributed by atoms with E-state index < -0.39 is 0 Å². The monoisotopic (exact) mass is 492 g/mol. The molecule has 0 bridgehead atoms. The Bertz CT molecular complexity index is 514. The van der Waals surface area contributed by atoms with E-state index in [1.165, 1.54) is 126 Å². The van der Waals surface area contributed by atoms with E-state index in [0.29, 0.717) is 21.0 Å². The van der Waals surface area contributed by atoms with Crippen LogP contribution < -0.4 is 0 Å². The van der Waals surface area contributed by atoms with Crippen LogP contribution in [0.25, 0.3) is 0 Å². The molecule has 4 rings (SSSR count). The molecule has 0 aliphatic carbocycles. The summed E-state index contributed by atoms with van der Waals surface area (Å²) in [4.78, 5) is 5.61. The average molecular weight is 493 g/mol. The molecule has 0 atom stereocenters. The molecule has 4 saturated heterocycles. The summed E-state index contributed by atoms with van der Waals surface area (Å²) in [7, 11) is 7.59. The van der Waals surface area contributed by atoms with Gasteiger partial charge in [-0.3, -0.25) is 9.80 Å². The maximum absolute atomic E-state index is 2.81. The zero-order valence-corrected chi connectivity index (χ0v) is 22.2. The van der Waals surface area contributed by atoms with Gasteiger partial charge in [0.05, 0.1) is 8.64 Å². The van der Waals surface area contributed by atoms with Gasteiger partial charge in [0, 0.05) is 26.2 Å². The van der Waals surface area contributed by atoms with Gasteiger partial charge in [0.2, 0.25) is 0 Å². The van der Waals surface area contributed by atoms with Gasteiger partial charge in [0.1, 0.15) is 0 Å². The van der Waals surface area contributed by atoms with E-state index in [-0.39, 0.29) is 0 Å². The van der Waals surface area contributed by atoms with Gasteiger partial charge in [-0.05, 0) is 106 Å². The number of piperidine rings is 2. The molecule has 0 amide bonds. The highest BCUT2D eigenvalue weighted by Crippen LogP contribution is 2.46. The summed E-state index contributed by atoms with van der Waals surface area (Å²) < 4.78 is 3.57. The van der Waals surface area contributed by atoms with E-state index >= 15 is 0 Å². The van der Waals surface area contributed by atoms with E-state index in [9.17, 15) is 0 Å². The predicted molar refractivity (Wildman–Crippen MR) is 146 cm³/mol. The molecule has 4 fully saturated rings. The van der Waals surface area contributed by atoms with Gasteiger partial charge in [-0.1, -0.05) is 25.7 Å². The normalized spacial score (nSPS) is 26.5. The lowest BCUT2D eigenvalue weighted by molar-refractivity contribution is 0.352. The summed E-state index contributed by atoms with van der Waals surface area (Å²) in [5.74, 6) is 5.88. The Hall–Kier alpha value is 1.41. The van der Waals surface area contributed by atoms with Gasteiger partial charge in [-0.2, -0.15) is 21.0 Å².